The van der Waals surface area contributed by atoms with Crippen LogP contribution in [0.4, 0.5) is 0 Å². The Morgan fingerprint density at radius 3 is 2.73 bits per heavy atom. The van der Waals surface area contributed by atoms with E-state index >= 15 is 0 Å². The smallest absolute Gasteiger partial charge is 0.249 e. The number of likely N-dealkylation sites (tertiary alicyclic amines) is 1. The van der Waals surface area contributed by atoms with Gasteiger partial charge >= 0.3 is 0 Å². The highest BCUT2D eigenvalue weighted by molar-refractivity contribution is 5.79. The molecule has 10 heteroatoms. The van der Waals surface area contributed by atoms with Gasteiger partial charge in [0.1, 0.15) is 30.5 Å². The summed E-state index contributed by atoms with van der Waals surface area (Å²) in [5.41, 5.74) is 7.04. The maximum atomic E-state index is 11.7. The van der Waals surface area contributed by atoms with Crippen molar-refractivity contribution in [2.75, 3.05) is 13.6 Å². The van der Waals surface area contributed by atoms with Crippen LogP contribution in [0.3, 0.4) is 0 Å². The molecule has 2 saturated heterocycles. The molecule has 0 unspecified atom stereocenters. The number of carbonyl (C=O) groups excluding carboxylic acids is 1. The molecule has 2 aliphatic carbocycles. The standard InChI is InChI=1S/C23H28N2O8/c1-25-7-6-23-10-3-4-12(26)20(23)32-18-13(5-2-9(14(18)23)8-11(10)25)31-22-17(29)15(27)16(28)19(33-22)21(24)30/h2-5,10-12,15-17,19-20,22,26-29H,6-8H2,1H3,(H2,24,30)/t10-,11+,12-,15-,16-,17+,19-,20-,22-,23-/m0/s1. The van der Waals surface area contributed by atoms with Gasteiger partial charge in [0.05, 0.1) is 0 Å². The minimum Gasteiger partial charge on any atom is -0.482 e. The van der Waals surface area contributed by atoms with Crippen LogP contribution in [-0.2, 0) is 21.4 Å². The molecular formula is C23H28N2O8. The molecule has 10 atom stereocenters. The number of likely N-dealkylation sites (N-methyl/N-ethyl adjacent to an activating group) is 1. The van der Waals surface area contributed by atoms with Gasteiger partial charge in [-0.25, -0.2) is 0 Å². The largest absolute Gasteiger partial charge is 0.482 e. The van der Waals surface area contributed by atoms with E-state index in [1.165, 1.54) is 0 Å². The Balaban J connectivity index is 1.41. The van der Waals surface area contributed by atoms with Gasteiger partial charge in [-0.3, -0.25) is 4.79 Å². The van der Waals surface area contributed by atoms with Crippen molar-refractivity contribution >= 4 is 5.91 Å². The fraction of sp³-hybridized carbons (Fsp3) is 0.609. The summed E-state index contributed by atoms with van der Waals surface area (Å²) in [5, 5.41) is 41.5. The lowest BCUT2D eigenvalue weighted by atomic mass is 9.53. The van der Waals surface area contributed by atoms with Gasteiger partial charge in [0.25, 0.3) is 0 Å². The molecule has 1 spiro atoms. The number of carbonyl (C=O) groups is 1. The van der Waals surface area contributed by atoms with Gasteiger partial charge in [0, 0.05) is 22.9 Å². The predicted molar refractivity (Wildman–Crippen MR) is 112 cm³/mol. The highest BCUT2D eigenvalue weighted by Gasteiger charge is 2.64. The third-order valence-corrected chi connectivity index (χ3v) is 8.23. The van der Waals surface area contributed by atoms with Crippen molar-refractivity contribution in [2.45, 2.75) is 67.2 Å². The molecular weight excluding hydrogens is 432 g/mol. The number of primary amides is 1. The number of aliphatic hydroxyl groups excluding tert-OH is 4. The summed E-state index contributed by atoms with van der Waals surface area (Å²) < 4.78 is 17.7. The van der Waals surface area contributed by atoms with E-state index in [4.69, 9.17) is 19.9 Å². The average molecular weight is 460 g/mol. The van der Waals surface area contributed by atoms with Gasteiger partial charge in [-0.1, -0.05) is 18.2 Å². The maximum Gasteiger partial charge on any atom is 0.249 e. The van der Waals surface area contributed by atoms with Crippen molar-refractivity contribution in [3.8, 4) is 11.5 Å². The summed E-state index contributed by atoms with van der Waals surface area (Å²) >= 11 is 0. The van der Waals surface area contributed by atoms with E-state index in [1.54, 1.807) is 12.1 Å². The van der Waals surface area contributed by atoms with Gasteiger partial charge in [-0.05, 0) is 38.1 Å². The Morgan fingerprint density at radius 1 is 1.18 bits per heavy atom. The molecule has 5 aliphatic rings. The number of nitrogens with zero attached hydrogens (tertiary/aromatic N) is 1. The zero-order valence-electron chi connectivity index (χ0n) is 18.1. The summed E-state index contributed by atoms with van der Waals surface area (Å²) in [6.07, 6.45) is -3.63. The van der Waals surface area contributed by atoms with Crippen LogP contribution in [-0.4, -0.2) is 93.8 Å². The van der Waals surface area contributed by atoms with Gasteiger partial charge in [-0.2, -0.15) is 0 Å². The van der Waals surface area contributed by atoms with Crippen LogP contribution in [0, 0.1) is 5.92 Å². The summed E-state index contributed by atoms with van der Waals surface area (Å²) in [6.45, 7) is 0.875. The second-order valence-corrected chi connectivity index (χ2v) is 9.83. The molecule has 6 N–H and O–H groups in total. The van der Waals surface area contributed by atoms with Crippen LogP contribution in [0.2, 0.25) is 0 Å². The quantitative estimate of drug-likeness (QED) is 0.327. The number of amides is 1. The van der Waals surface area contributed by atoms with Crippen LogP contribution in [0.1, 0.15) is 17.5 Å². The van der Waals surface area contributed by atoms with E-state index in [9.17, 15) is 25.2 Å². The van der Waals surface area contributed by atoms with Crippen molar-refractivity contribution in [3.63, 3.8) is 0 Å². The van der Waals surface area contributed by atoms with E-state index in [2.05, 4.69) is 18.0 Å². The SMILES string of the molecule is CN1CC[C@]23c4c5ccc(O[C@H]6O[C@H](C(N)=O)[C@@H](O)[C@H](O)[C@H]6O)c4O[C@H]2[C@@H](O)C=C[C@H]3[C@H]1C5. The first kappa shape index (κ1) is 21.3. The number of piperidine rings is 1. The van der Waals surface area contributed by atoms with E-state index < -0.39 is 48.8 Å². The highest BCUT2D eigenvalue weighted by atomic mass is 16.7. The number of ether oxygens (including phenoxy) is 3. The fourth-order valence-electron chi connectivity index (χ4n) is 6.63. The van der Waals surface area contributed by atoms with Crippen LogP contribution >= 0.6 is 0 Å². The van der Waals surface area contributed by atoms with Crippen LogP contribution in [0.25, 0.3) is 0 Å². The number of hydrogen-bond acceptors (Lipinski definition) is 9. The molecule has 2 fully saturated rings. The molecule has 178 valence electrons. The highest BCUT2D eigenvalue weighted by Crippen LogP contribution is 2.62. The zero-order chi connectivity index (χ0) is 23.2. The lowest BCUT2D eigenvalue weighted by Gasteiger charge is -2.56. The summed E-state index contributed by atoms with van der Waals surface area (Å²) in [4.78, 5) is 14.0. The van der Waals surface area contributed by atoms with Crippen LogP contribution < -0.4 is 15.2 Å². The van der Waals surface area contributed by atoms with Crippen molar-refractivity contribution in [3.05, 3.63) is 35.4 Å². The predicted octanol–water partition coefficient (Wildman–Crippen LogP) is -1.84. The molecule has 1 amide bonds. The van der Waals surface area contributed by atoms with Gasteiger partial charge in [0.15, 0.2) is 17.6 Å². The van der Waals surface area contributed by atoms with Gasteiger partial charge < -0.3 is 45.3 Å². The fourth-order valence-corrected chi connectivity index (χ4v) is 6.63. The Kier molecular flexibility index (Phi) is 4.62. The molecule has 1 aromatic rings. The minimum atomic E-state index is -1.68. The maximum absolute atomic E-state index is 11.7. The molecule has 0 aromatic heterocycles. The number of hydrogen-bond donors (Lipinski definition) is 5. The number of rotatable bonds is 3. The normalized spacial score (nSPS) is 45.3. The third-order valence-electron chi connectivity index (χ3n) is 8.23. The lowest BCUT2D eigenvalue weighted by Crippen LogP contribution is -2.64. The third kappa shape index (κ3) is 2.73. The molecule has 0 saturated carbocycles. The van der Waals surface area contributed by atoms with E-state index in [0.717, 1.165) is 30.5 Å². The Labute approximate surface area is 190 Å². The van der Waals surface area contributed by atoms with Gasteiger partial charge in [0.2, 0.25) is 12.2 Å². The topological polar surface area (TPSA) is 155 Å². The minimum absolute atomic E-state index is 0.182. The number of benzene rings is 1. The van der Waals surface area contributed by atoms with Crippen molar-refractivity contribution in [1.29, 1.82) is 0 Å². The van der Waals surface area contributed by atoms with Gasteiger partial charge in [-0.15, -0.1) is 0 Å². The Morgan fingerprint density at radius 2 is 1.97 bits per heavy atom. The van der Waals surface area contributed by atoms with Crippen molar-refractivity contribution in [1.82, 2.24) is 4.90 Å². The second-order valence-electron chi connectivity index (χ2n) is 9.83. The summed E-state index contributed by atoms with van der Waals surface area (Å²) in [7, 11) is 2.13. The van der Waals surface area contributed by atoms with E-state index in [0.29, 0.717) is 11.8 Å². The van der Waals surface area contributed by atoms with E-state index in [-0.39, 0.29) is 17.1 Å². The summed E-state index contributed by atoms with van der Waals surface area (Å²) in [6, 6.07) is 3.97. The molecule has 3 heterocycles. The van der Waals surface area contributed by atoms with Crippen LogP contribution in [0.15, 0.2) is 24.3 Å². The number of aliphatic hydroxyl groups is 4. The first-order valence-electron chi connectivity index (χ1n) is 11.3. The van der Waals surface area contributed by atoms with Crippen molar-refractivity contribution in [2.24, 2.45) is 11.7 Å². The molecule has 2 bridgehead atoms. The lowest BCUT2D eigenvalue weighted by molar-refractivity contribution is -0.266. The molecule has 6 rings (SSSR count). The molecule has 33 heavy (non-hydrogen) atoms. The molecule has 3 aliphatic heterocycles. The second kappa shape index (κ2) is 7.14. The summed E-state index contributed by atoms with van der Waals surface area (Å²) in [5.74, 6) is -0.0361. The number of nitrogens with two attached hydrogens (primary N) is 1. The molecule has 0 radical (unpaired) electrons. The molecule has 10 nitrogen and oxygen atoms in total. The molecule has 1 aromatic carbocycles. The van der Waals surface area contributed by atoms with Crippen LogP contribution in [0.5, 0.6) is 11.5 Å². The first-order chi connectivity index (χ1) is 15.7. The van der Waals surface area contributed by atoms with E-state index in [1.807, 2.05) is 6.07 Å². The average Bonchev–Trinajstić information content (AvgIpc) is 3.14. The Hall–Kier alpha value is -2.21. The Bertz CT molecular complexity index is 1030. The monoisotopic (exact) mass is 460 g/mol. The zero-order valence-corrected chi connectivity index (χ0v) is 18.1. The van der Waals surface area contributed by atoms with Crippen molar-refractivity contribution < 1.29 is 39.4 Å². The first-order valence-corrected chi connectivity index (χ1v) is 11.3.